The third-order valence-corrected chi connectivity index (χ3v) is 4.10. The van der Waals surface area contributed by atoms with Gasteiger partial charge >= 0.3 is 5.97 Å². The van der Waals surface area contributed by atoms with Gasteiger partial charge in [-0.05, 0) is 23.8 Å². The van der Waals surface area contributed by atoms with Gasteiger partial charge in [-0.1, -0.05) is 36.4 Å². The molecule has 2 N–H and O–H groups in total. The standard InChI is InChI=1S/C20H18N2O4/c1-26-17-10-3-2-6-14(17)12-16(20(24)25)22-19(23)15-9-4-7-13-8-5-11-21-18(13)15/h2-11,16H,12H2,1H3,(H,22,23)(H,24,25)/t16-/m0/s1. The molecule has 132 valence electrons. The molecule has 3 aromatic rings. The number of rotatable bonds is 6. The van der Waals surface area contributed by atoms with Crippen molar-refractivity contribution in [3.05, 3.63) is 71.9 Å². The van der Waals surface area contributed by atoms with Crippen molar-refractivity contribution in [1.29, 1.82) is 0 Å². The Labute approximate surface area is 150 Å². The first-order valence-electron chi connectivity index (χ1n) is 8.09. The predicted octanol–water partition coefficient (Wildman–Crippen LogP) is 2.67. The normalized spacial score (nSPS) is 11.7. The maximum absolute atomic E-state index is 12.7. The molecule has 0 fully saturated rings. The van der Waals surface area contributed by atoms with Crippen molar-refractivity contribution in [2.24, 2.45) is 0 Å². The van der Waals surface area contributed by atoms with Crippen molar-refractivity contribution in [3.63, 3.8) is 0 Å². The molecule has 0 spiro atoms. The Bertz CT molecular complexity index is 950. The van der Waals surface area contributed by atoms with E-state index in [1.807, 2.05) is 12.1 Å². The molecule has 0 radical (unpaired) electrons. The van der Waals surface area contributed by atoms with Crippen molar-refractivity contribution in [3.8, 4) is 5.75 Å². The predicted molar refractivity (Wildman–Crippen MR) is 97.3 cm³/mol. The van der Waals surface area contributed by atoms with Gasteiger partial charge in [-0.2, -0.15) is 0 Å². The Morgan fingerprint density at radius 1 is 1.12 bits per heavy atom. The maximum atomic E-state index is 12.7. The largest absolute Gasteiger partial charge is 0.496 e. The summed E-state index contributed by atoms with van der Waals surface area (Å²) in [4.78, 5) is 28.6. The number of methoxy groups -OCH3 is 1. The van der Waals surface area contributed by atoms with E-state index in [0.29, 0.717) is 22.4 Å². The number of hydrogen-bond donors (Lipinski definition) is 2. The molecule has 1 aromatic heterocycles. The van der Waals surface area contributed by atoms with Gasteiger partial charge in [-0.3, -0.25) is 9.78 Å². The van der Waals surface area contributed by atoms with Crippen LogP contribution in [0, 0.1) is 0 Å². The number of carboxylic acid groups (broad SMARTS) is 1. The highest BCUT2D eigenvalue weighted by atomic mass is 16.5. The summed E-state index contributed by atoms with van der Waals surface area (Å²) in [6.07, 6.45) is 1.71. The molecule has 1 heterocycles. The van der Waals surface area contributed by atoms with E-state index < -0.39 is 17.9 Å². The van der Waals surface area contributed by atoms with Gasteiger partial charge < -0.3 is 15.2 Å². The number of para-hydroxylation sites is 2. The Kier molecular flexibility index (Phi) is 5.12. The third-order valence-electron chi connectivity index (χ3n) is 4.10. The minimum absolute atomic E-state index is 0.114. The number of carboxylic acids is 1. The van der Waals surface area contributed by atoms with Gasteiger partial charge in [0.15, 0.2) is 0 Å². The lowest BCUT2D eigenvalue weighted by atomic mass is 10.0. The lowest BCUT2D eigenvalue weighted by Crippen LogP contribution is -2.42. The number of nitrogens with zero attached hydrogens (tertiary/aromatic N) is 1. The van der Waals surface area contributed by atoms with Crippen LogP contribution in [0.25, 0.3) is 10.9 Å². The molecule has 6 nitrogen and oxygen atoms in total. The van der Waals surface area contributed by atoms with Gasteiger partial charge in [0.1, 0.15) is 11.8 Å². The molecule has 6 heteroatoms. The van der Waals surface area contributed by atoms with E-state index in [1.165, 1.54) is 7.11 Å². The van der Waals surface area contributed by atoms with E-state index in [1.54, 1.807) is 48.7 Å². The van der Waals surface area contributed by atoms with Crippen molar-refractivity contribution in [1.82, 2.24) is 10.3 Å². The first-order chi connectivity index (χ1) is 12.6. The van der Waals surface area contributed by atoms with Crippen LogP contribution >= 0.6 is 0 Å². The van der Waals surface area contributed by atoms with Crippen molar-refractivity contribution in [2.75, 3.05) is 7.11 Å². The van der Waals surface area contributed by atoms with E-state index in [-0.39, 0.29) is 6.42 Å². The van der Waals surface area contributed by atoms with Gasteiger partial charge in [0.05, 0.1) is 18.2 Å². The van der Waals surface area contributed by atoms with E-state index in [4.69, 9.17) is 4.74 Å². The molecule has 0 aliphatic carbocycles. The number of benzene rings is 2. The molecule has 0 aliphatic rings. The number of amides is 1. The van der Waals surface area contributed by atoms with Crippen molar-refractivity contribution in [2.45, 2.75) is 12.5 Å². The number of aromatic nitrogens is 1. The molecule has 0 saturated heterocycles. The fourth-order valence-corrected chi connectivity index (χ4v) is 2.82. The number of hydrogen-bond acceptors (Lipinski definition) is 4. The summed E-state index contributed by atoms with van der Waals surface area (Å²) in [5, 5.41) is 12.9. The number of ether oxygens (including phenoxy) is 1. The smallest absolute Gasteiger partial charge is 0.326 e. The summed E-state index contributed by atoms with van der Waals surface area (Å²) in [6.45, 7) is 0. The molecule has 0 saturated carbocycles. The van der Waals surface area contributed by atoms with Crippen LogP contribution in [0.3, 0.4) is 0 Å². The van der Waals surface area contributed by atoms with Gasteiger partial charge in [-0.15, -0.1) is 0 Å². The monoisotopic (exact) mass is 350 g/mol. The van der Waals surface area contributed by atoms with Gasteiger partial charge in [0.2, 0.25) is 0 Å². The summed E-state index contributed by atoms with van der Waals surface area (Å²) < 4.78 is 5.26. The van der Waals surface area contributed by atoms with E-state index in [2.05, 4.69) is 10.3 Å². The average Bonchev–Trinajstić information content (AvgIpc) is 2.67. The number of nitrogens with one attached hydrogen (secondary N) is 1. The molecule has 1 amide bonds. The first-order valence-corrected chi connectivity index (χ1v) is 8.09. The van der Waals surface area contributed by atoms with E-state index in [9.17, 15) is 14.7 Å². The zero-order chi connectivity index (χ0) is 18.5. The quantitative estimate of drug-likeness (QED) is 0.713. The summed E-state index contributed by atoms with van der Waals surface area (Å²) in [7, 11) is 1.52. The topological polar surface area (TPSA) is 88.5 Å². The first kappa shape index (κ1) is 17.4. The summed E-state index contributed by atoms with van der Waals surface area (Å²) >= 11 is 0. The SMILES string of the molecule is COc1ccccc1C[C@H](NC(=O)c1cccc2cccnc12)C(=O)O. The maximum Gasteiger partial charge on any atom is 0.326 e. The number of pyridine rings is 1. The van der Waals surface area contributed by atoms with Crippen LogP contribution in [0.4, 0.5) is 0 Å². The van der Waals surface area contributed by atoms with Crippen LogP contribution in [0.15, 0.2) is 60.8 Å². The fourth-order valence-electron chi connectivity index (χ4n) is 2.82. The van der Waals surface area contributed by atoms with Crippen LogP contribution in [0.5, 0.6) is 5.75 Å². The van der Waals surface area contributed by atoms with Crippen LogP contribution in [-0.4, -0.2) is 35.1 Å². The number of carbonyl (C=O) groups is 2. The zero-order valence-corrected chi connectivity index (χ0v) is 14.2. The van der Waals surface area contributed by atoms with Crippen LogP contribution in [0.2, 0.25) is 0 Å². The fraction of sp³-hybridized carbons (Fsp3) is 0.150. The molecule has 26 heavy (non-hydrogen) atoms. The number of aliphatic carboxylic acids is 1. The molecule has 0 unspecified atom stereocenters. The van der Waals surface area contributed by atoms with Gasteiger partial charge in [0, 0.05) is 18.0 Å². The lowest BCUT2D eigenvalue weighted by molar-refractivity contribution is -0.139. The summed E-state index contributed by atoms with van der Waals surface area (Å²) in [5.41, 5.74) is 1.59. The van der Waals surface area contributed by atoms with Gasteiger partial charge in [0.25, 0.3) is 5.91 Å². The highest BCUT2D eigenvalue weighted by Crippen LogP contribution is 2.20. The second-order valence-corrected chi connectivity index (χ2v) is 5.76. The Morgan fingerprint density at radius 3 is 2.65 bits per heavy atom. The molecule has 0 aliphatic heterocycles. The van der Waals surface area contributed by atoms with Crippen molar-refractivity contribution >= 4 is 22.8 Å². The van der Waals surface area contributed by atoms with E-state index >= 15 is 0 Å². The molecule has 1 atom stereocenters. The molecular formula is C20H18N2O4. The Hall–Kier alpha value is -3.41. The Morgan fingerprint density at radius 2 is 1.88 bits per heavy atom. The minimum atomic E-state index is -1.11. The highest BCUT2D eigenvalue weighted by molar-refractivity contribution is 6.06. The molecule has 3 rings (SSSR count). The van der Waals surface area contributed by atoms with Gasteiger partial charge in [-0.25, -0.2) is 4.79 Å². The molecule has 0 bridgehead atoms. The van der Waals surface area contributed by atoms with Crippen molar-refractivity contribution < 1.29 is 19.4 Å². The molecular weight excluding hydrogens is 332 g/mol. The average molecular weight is 350 g/mol. The number of fused-ring (bicyclic) bond motifs is 1. The molecule has 2 aromatic carbocycles. The zero-order valence-electron chi connectivity index (χ0n) is 14.2. The minimum Gasteiger partial charge on any atom is -0.496 e. The van der Waals surface area contributed by atoms with Crippen LogP contribution in [-0.2, 0) is 11.2 Å². The second kappa shape index (κ2) is 7.65. The Balaban J connectivity index is 1.86. The second-order valence-electron chi connectivity index (χ2n) is 5.76. The van der Waals surface area contributed by atoms with Crippen LogP contribution < -0.4 is 10.1 Å². The summed E-state index contributed by atoms with van der Waals surface area (Å²) in [6, 6.07) is 14.9. The highest BCUT2D eigenvalue weighted by Gasteiger charge is 2.23. The van der Waals surface area contributed by atoms with Crippen LogP contribution in [0.1, 0.15) is 15.9 Å². The number of carbonyl (C=O) groups excluding carboxylic acids is 1. The lowest BCUT2D eigenvalue weighted by Gasteiger charge is -2.17. The third kappa shape index (κ3) is 3.64. The van der Waals surface area contributed by atoms with E-state index in [0.717, 1.165) is 5.39 Å². The summed E-state index contributed by atoms with van der Waals surface area (Å²) in [5.74, 6) is -1.01.